The molecule has 182 valence electrons. The number of rotatable bonds is 18. The first-order valence-corrected chi connectivity index (χ1v) is 13.6. The molecule has 9 heteroatoms. The molecule has 0 rings (SSSR count). The zero-order valence-corrected chi connectivity index (χ0v) is 25.3. The normalized spacial score (nSPS) is 21.5. The van der Waals surface area contributed by atoms with Crippen molar-refractivity contribution in [3.63, 3.8) is 0 Å². The van der Waals surface area contributed by atoms with E-state index in [9.17, 15) is 0 Å². The van der Waals surface area contributed by atoms with Crippen LogP contribution in [0.4, 0.5) is 0 Å². The van der Waals surface area contributed by atoms with E-state index in [0.29, 0.717) is 60.1 Å². The Bertz CT molecular complexity index is 437. The fraction of sp³-hybridized carbons (Fsp3) is 1.00. The minimum atomic E-state index is -0.967. The van der Waals surface area contributed by atoms with Gasteiger partial charge >= 0.3 is 0 Å². The van der Waals surface area contributed by atoms with Crippen LogP contribution in [0.15, 0.2) is 0 Å². The first kappa shape index (κ1) is 30.2. The predicted octanol–water partition coefficient (Wildman–Crippen LogP) is 0.869. The van der Waals surface area contributed by atoms with Crippen molar-refractivity contribution >= 4 is 20.5 Å². The highest BCUT2D eigenvalue weighted by atomic mass is 28.2. The summed E-state index contributed by atoms with van der Waals surface area (Å²) in [5.41, 5.74) is 3.24. The van der Waals surface area contributed by atoms with Crippen molar-refractivity contribution in [3.05, 3.63) is 0 Å². The van der Waals surface area contributed by atoms with Crippen LogP contribution in [-0.2, 0) is 28.4 Å². The Morgan fingerprint density at radius 3 is 1.13 bits per heavy atom. The molecule has 30 heavy (non-hydrogen) atoms. The molecule has 2 N–H and O–H groups in total. The van der Waals surface area contributed by atoms with Crippen LogP contribution in [0.5, 0.6) is 0 Å². The lowest BCUT2D eigenvalue weighted by Gasteiger charge is -2.56. The third kappa shape index (κ3) is 6.58. The van der Waals surface area contributed by atoms with Crippen LogP contribution in [0.1, 0.15) is 68.2 Å². The number of hydrogen-bond acceptors (Lipinski definition) is 7. The van der Waals surface area contributed by atoms with Crippen LogP contribution in [0.25, 0.3) is 0 Å². The van der Waals surface area contributed by atoms with Crippen LogP contribution < -0.4 is 5.73 Å². The van der Waals surface area contributed by atoms with E-state index >= 15 is 0 Å². The molecule has 0 amide bonds. The Labute approximate surface area is 190 Å². The molecule has 4 unspecified atom stereocenters. The minimum absolute atomic E-state index is 0.470. The van der Waals surface area contributed by atoms with Crippen molar-refractivity contribution in [2.24, 2.45) is 5.73 Å². The van der Waals surface area contributed by atoms with Gasteiger partial charge in [-0.25, -0.2) is 0 Å². The summed E-state index contributed by atoms with van der Waals surface area (Å²) in [5.74, 6) is 0. The maximum Gasteiger partial charge on any atom is 0.170 e. The summed E-state index contributed by atoms with van der Waals surface area (Å²) in [6, 6.07) is -0.633. The van der Waals surface area contributed by atoms with Gasteiger partial charge in [-0.1, -0.05) is 13.8 Å². The second-order valence-corrected chi connectivity index (χ2v) is 10.6. The first-order valence-electron chi connectivity index (χ1n) is 11.6. The molecule has 0 radical (unpaired) electrons. The molecule has 0 bridgehead atoms. The third-order valence-corrected chi connectivity index (χ3v) is 9.02. The second kappa shape index (κ2) is 13.6. The molecule has 0 aliphatic carbocycles. The van der Waals surface area contributed by atoms with Crippen LogP contribution in [0.2, 0.25) is 0 Å². The third-order valence-electron chi connectivity index (χ3n) is 5.88. The van der Waals surface area contributed by atoms with E-state index in [-0.39, 0.29) is 0 Å². The molecule has 4 atom stereocenters. The Kier molecular flexibility index (Phi) is 13.7. The average Bonchev–Trinajstić information content (AvgIpc) is 2.70. The Hall–Kier alpha value is 0.154. The van der Waals surface area contributed by atoms with E-state index in [0.717, 1.165) is 12.8 Å². The van der Waals surface area contributed by atoms with E-state index < -0.39 is 28.1 Å². The van der Waals surface area contributed by atoms with Gasteiger partial charge in [0.25, 0.3) is 0 Å². The van der Waals surface area contributed by atoms with Crippen molar-refractivity contribution in [3.8, 4) is 0 Å². The Balaban J connectivity index is 6.52. The fourth-order valence-corrected chi connectivity index (χ4v) is 5.83. The highest BCUT2D eigenvalue weighted by Gasteiger charge is 2.63. The summed E-state index contributed by atoms with van der Waals surface area (Å²) in [5, 5.41) is 0. The van der Waals surface area contributed by atoms with E-state index in [4.69, 9.17) is 34.2 Å². The van der Waals surface area contributed by atoms with Crippen LogP contribution in [-0.4, -0.2) is 88.2 Å². The summed E-state index contributed by atoms with van der Waals surface area (Å²) < 4.78 is 37.7. The maximum atomic E-state index is 7.05. The second-order valence-electron chi connectivity index (χ2n) is 8.01. The van der Waals surface area contributed by atoms with Crippen LogP contribution in [0, 0.1) is 0 Å². The molecule has 0 saturated heterocycles. The largest absolute Gasteiger partial charge is 0.369 e. The molecular formula is C21H49NO6Si2. The number of nitrogens with two attached hydrogens (primary N) is 1. The van der Waals surface area contributed by atoms with Crippen molar-refractivity contribution < 1.29 is 28.4 Å². The average molecular weight is 468 g/mol. The standard InChI is InChI=1S/C21H49NO6Si2/c1-9-15-27-20(29,25-13-5)18(7,23-11-3)17(22)19(8,24-12-4)21(30,26-14-6)28-16-10-2/h17H,9-16,22H2,1-8,29-30H3. The minimum Gasteiger partial charge on any atom is -0.369 e. The molecule has 0 aromatic rings. The van der Waals surface area contributed by atoms with Gasteiger partial charge in [-0.3, -0.25) is 0 Å². The van der Waals surface area contributed by atoms with Gasteiger partial charge in [0.15, 0.2) is 10.8 Å². The molecule has 0 aromatic heterocycles. The molecule has 7 nitrogen and oxygen atoms in total. The summed E-state index contributed by atoms with van der Waals surface area (Å²) in [7, 11) is 1.13. The van der Waals surface area contributed by atoms with Crippen LogP contribution in [0.3, 0.4) is 0 Å². The SMILES string of the molecule is CCCOC([SiH3])(OCC)C(C)(OCC)C(N)C(C)(OCC)C([SiH3])(OCC)OCCC. The van der Waals surface area contributed by atoms with Crippen molar-refractivity contribution in [1.29, 1.82) is 0 Å². The highest BCUT2D eigenvalue weighted by molar-refractivity contribution is 6.15. The lowest BCUT2D eigenvalue weighted by Crippen LogP contribution is -2.78. The molecule has 0 saturated carbocycles. The molecule has 0 fully saturated rings. The molecule has 0 aliphatic rings. The quantitative estimate of drug-likeness (QED) is 0.237. The molecular weight excluding hydrogens is 418 g/mol. The Morgan fingerprint density at radius 2 is 0.900 bits per heavy atom. The van der Waals surface area contributed by atoms with Crippen molar-refractivity contribution in [1.82, 2.24) is 0 Å². The molecule has 0 spiro atoms. The van der Waals surface area contributed by atoms with Gasteiger partial charge < -0.3 is 34.2 Å². The zero-order valence-electron chi connectivity index (χ0n) is 21.3. The van der Waals surface area contributed by atoms with Gasteiger partial charge in [0.05, 0.1) is 26.5 Å². The van der Waals surface area contributed by atoms with Crippen molar-refractivity contribution in [2.75, 3.05) is 39.6 Å². The van der Waals surface area contributed by atoms with Gasteiger partial charge in [0, 0.05) is 39.6 Å². The highest BCUT2D eigenvalue weighted by Crippen LogP contribution is 2.42. The molecule has 0 aromatic carbocycles. The summed E-state index contributed by atoms with van der Waals surface area (Å²) in [6.07, 6.45) is 1.75. The Morgan fingerprint density at radius 1 is 0.600 bits per heavy atom. The molecule has 0 aliphatic heterocycles. The lowest BCUT2D eigenvalue weighted by atomic mass is 9.81. The predicted molar refractivity (Wildman–Crippen MR) is 129 cm³/mol. The van der Waals surface area contributed by atoms with Gasteiger partial charge in [0.1, 0.15) is 11.2 Å². The smallest absolute Gasteiger partial charge is 0.170 e. The lowest BCUT2D eigenvalue weighted by molar-refractivity contribution is -0.330. The van der Waals surface area contributed by atoms with Gasteiger partial charge in [-0.2, -0.15) is 0 Å². The number of ether oxygens (including phenoxy) is 6. The maximum absolute atomic E-state index is 7.05. The van der Waals surface area contributed by atoms with Crippen LogP contribution >= 0.6 is 0 Å². The fourth-order valence-electron chi connectivity index (χ4n) is 3.93. The van der Waals surface area contributed by atoms with E-state index in [1.165, 1.54) is 0 Å². The monoisotopic (exact) mass is 467 g/mol. The summed E-state index contributed by atoms with van der Waals surface area (Å²) in [6.45, 7) is 19.0. The zero-order chi connectivity index (χ0) is 23.5. The van der Waals surface area contributed by atoms with E-state index in [1.807, 2.05) is 41.5 Å². The summed E-state index contributed by atoms with van der Waals surface area (Å²) >= 11 is 0. The van der Waals surface area contributed by atoms with E-state index in [1.54, 1.807) is 0 Å². The van der Waals surface area contributed by atoms with Gasteiger partial charge in [0.2, 0.25) is 0 Å². The topological polar surface area (TPSA) is 81.4 Å². The van der Waals surface area contributed by atoms with Gasteiger partial charge in [-0.15, -0.1) is 0 Å². The molecule has 0 heterocycles. The summed E-state index contributed by atoms with van der Waals surface area (Å²) in [4.78, 5) is 0. The van der Waals surface area contributed by atoms with Crippen molar-refractivity contribution in [2.45, 2.75) is 96.3 Å². The number of hydrogen-bond donors (Lipinski definition) is 1. The van der Waals surface area contributed by atoms with E-state index in [2.05, 4.69) is 13.8 Å². The van der Waals surface area contributed by atoms with Gasteiger partial charge in [-0.05, 0) is 54.4 Å². The first-order chi connectivity index (χ1) is 14.0.